The molecule has 0 radical (unpaired) electrons. The molecule has 102 valence electrons. The van der Waals surface area contributed by atoms with E-state index in [-0.39, 0.29) is 11.1 Å². The van der Waals surface area contributed by atoms with Crippen molar-refractivity contribution < 1.29 is 4.79 Å². The summed E-state index contributed by atoms with van der Waals surface area (Å²) in [5, 5.41) is 0.232. The Morgan fingerprint density at radius 3 is 3.10 bits per heavy atom. The average Bonchev–Trinajstić information content (AvgIpc) is 2.48. The Balaban J connectivity index is 1.88. The fraction of sp³-hybridized carbons (Fsp3) is 0.214. The summed E-state index contributed by atoms with van der Waals surface area (Å²) in [5.41, 5.74) is 2.58. The molecule has 3 heterocycles. The van der Waals surface area contributed by atoms with E-state index in [0.29, 0.717) is 18.7 Å². The molecule has 0 saturated carbocycles. The molecule has 20 heavy (non-hydrogen) atoms. The molecule has 0 bridgehead atoms. The first-order valence-corrected chi connectivity index (χ1v) is 7.35. The van der Waals surface area contributed by atoms with E-state index in [9.17, 15) is 4.79 Å². The largest absolute Gasteiger partial charge is 0.334 e. The number of fused-ring (bicyclic) bond motifs is 1. The van der Waals surface area contributed by atoms with E-state index in [4.69, 9.17) is 11.6 Å². The lowest BCUT2D eigenvalue weighted by molar-refractivity contribution is 0.0733. The predicted molar refractivity (Wildman–Crippen MR) is 79.6 cm³/mol. The van der Waals surface area contributed by atoms with Crippen LogP contribution in [0.3, 0.4) is 0 Å². The molecular formula is C14H11BrClN3O. The predicted octanol–water partition coefficient (Wildman–Crippen LogP) is 3.09. The van der Waals surface area contributed by atoms with Gasteiger partial charge in [0.05, 0.1) is 5.56 Å². The van der Waals surface area contributed by atoms with E-state index in [0.717, 1.165) is 22.2 Å². The molecule has 0 unspecified atom stereocenters. The topological polar surface area (TPSA) is 46.1 Å². The SMILES string of the molecule is O=C(c1cc(Br)cnc1Cl)N1CCc2ncccc2C1. The van der Waals surface area contributed by atoms with Crippen molar-refractivity contribution in [2.24, 2.45) is 0 Å². The number of nitrogens with zero attached hydrogens (tertiary/aromatic N) is 3. The van der Waals surface area contributed by atoms with Crippen molar-refractivity contribution in [2.75, 3.05) is 6.54 Å². The fourth-order valence-corrected chi connectivity index (χ4v) is 2.80. The normalized spacial score (nSPS) is 14.0. The van der Waals surface area contributed by atoms with E-state index in [2.05, 4.69) is 25.9 Å². The zero-order chi connectivity index (χ0) is 14.1. The zero-order valence-corrected chi connectivity index (χ0v) is 12.9. The molecule has 0 spiro atoms. The molecule has 4 nitrogen and oxygen atoms in total. The van der Waals surface area contributed by atoms with Crippen LogP contribution in [-0.2, 0) is 13.0 Å². The van der Waals surface area contributed by atoms with Crippen LogP contribution >= 0.6 is 27.5 Å². The molecular weight excluding hydrogens is 342 g/mol. The van der Waals surface area contributed by atoms with Gasteiger partial charge in [0.1, 0.15) is 5.15 Å². The smallest absolute Gasteiger partial charge is 0.257 e. The van der Waals surface area contributed by atoms with Gasteiger partial charge in [0.2, 0.25) is 0 Å². The van der Waals surface area contributed by atoms with Crippen LogP contribution < -0.4 is 0 Å². The molecule has 0 aliphatic carbocycles. The summed E-state index contributed by atoms with van der Waals surface area (Å²) < 4.78 is 0.740. The van der Waals surface area contributed by atoms with Crippen LogP contribution in [-0.4, -0.2) is 27.3 Å². The van der Waals surface area contributed by atoms with Crippen LogP contribution in [0.1, 0.15) is 21.6 Å². The monoisotopic (exact) mass is 351 g/mol. The summed E-state index contributed by atoms with van der Waals surface area (Å²) in [6, 6.07) is 5.60. The maximum absolute atomic E-state index is 12.5. The van der Waals surface area contributed by atoms with Crippen LogP contribution in [0.5, 0.6) is 0 Å². The van der Waals surface area contributed by atoms with Crippen molar-refractivity contribution in [1.82, 2.24) is 14.9 Å². The second-order valence-electron chi connectivity index (χ2n) is 4.58. The van der Waals surface area contributed by atoms with Gasteiger partial charge in [-0.05, 0) is 33.6 Å². The van der Waals surface area contributed by atoms with Gasteiger partial charge in [-0.1, -0.05) is 17.7 Å². The second-order valence-corrected chi connectivity index (χ2v) is 5.85. The highest BCUT2D eigenvalue weighted by Crippen LogP contribution is 2.23. The highest BCUT2D eigenvalue weighted by atomic mass is 79.9. The van der Waals surface area contributed by atoms with E-state index in [1.165, 1.54) is 0 Å². The van der Waals surface area contributed by atoms with Gasteiger partial charge in [0.15, 0.2) is 0 Å². The average molecular weight is 353 g/mol. The van der Waals surface area contributed by atoms with Crippen molar-refractivity contribution in [3.8, 4) is 0 Å². The van der Waals surface area contributed by atoms with Gasteiger partial charge >= 0.3 is 0 Å². The molecule has 0 atom stereocenters. The zero-order valence-electron chi connectivity index (χ0n) is 10.5. The highest BCUT2D eigenvalue weighted by Gasteiger charge is 2.24. The van der Waals surface area contributed by atoms with Gasteiger partial charge in [-0.15, -0.1) is 0 Å². The summed E-state index contributed by atoms with van der Waals surface area (Å²) in [6.07, 6.45) is 4.13. The molecule has 2 aromatic heterocycles. The number of carbonyl (C=O) groups excluding carboxylic acids is 1. The van der Waals surface area contributed by atoms with Crippen molar-refractivity contribution in [3.05, 3.63) is 57.0 Å². The maximum atomic E-state index is 12.5. The molecule has 6 heteroatoms. The number of amides is 1. The van der Waals surface area contributed by atoms with E-state index < -0.39 is 0 Å². The summed E-state index contributed by atoms with van der Waals surface area (Å²) in [7, 11) is 0. The third kappa shape index (κ3) is 2.55. The van der Waals surface area contributed by atoms with Gasteiger partial charge < -0.3 is 4.90 Å². The summed E-state index contributed by atoms with van der Waals surface area (Å²) >= 11 is 9.33. The van der Waals surface area contributed by atoms with Crippen LogP contribution in [0.15, 0.2) is 35.1 Å². The number of hydrogen-bond donors (Lipinski definition) is 0. The van der Waals surface area contributed by atoms with Gasteiger partial charge in [-0.25, -0.2) is 4.98 Å². The summed E-state index contributed by atoms with van der Waals surface area (Å²) in [6.45, 7) is 1.20. The maximum Gasteiger partial charge on any atom is 0.257 e. The number of pyridine rings is 2. The Morgan fingerprint density at radius 1 is 1.40 bits per heavy atom. The minimum Gasteiger partial charge on any atom is -0.334 e. The van der Waals surface area contributed by atoms with Crippen LogP contribution in [0, 0.1) is 0 Å². The first-order chi connectivity index (χ1) is 9.65. The van der Waals surface area contributed by atoms with Gasteiger partial charge in [0, 0.05) is 42.1 Å². The standard InChI is InChI=1S/C14H11BrClN3O/c15-10-6-11(13(16)18-7-10)14(20)19-5-3-12-9(8-19)2-1-4-17-12/h1-2,4,6-7H,3,5,8H2. The molecule has 0 aromatic carbocycles. The Morgan fingerprint density at radius 2 is 2.25 bits per heavy atom. The Kier molecular flexibility index (Phi) is 3.72. The van der Waals surface area contributed by atoms with Crippen molar-refractivity contribution in [1.29, 1.82) is 0 Å². The third-order valence-corrected chi connectivity index (χ3v) is 4.02. The van der Waals surface area contributed by atoms with E-state index in [1.54, 1.807) is 23.4 Å². The quantitative estimate of drug-likeness (QED) is 0.741. The lowest BCUT2D eigenvalue weighted by atomic mass is 10.1. The number of halogens is 2. The number of carbonyl (C=O) groups is 1. The summed E-state index contributed by atoms with van der Waals surface area (Å²) in [4.78, 5) is 22.7. The van der Waals surface area contributed by atoms with Gasteiger partial charge in [-0.3, -0.25) is 9.78 Å². The lowest BCUT2D eigenvalue weighted by Gasteiger charge is -2.28. The molecule has 1 aliphatic heterocycles. The molecule has 1 aliphatic rings. The lowest BCUT2D eigenvalue weighted by Crippen LogP contribution is -2.36. The van der Waals surface area contributed by atoms with Gasteiger partial charge in [0.25, 0.3) is 5.91 Å². The van der Waals surface area contributed by atoms with Crippen molar-refractivity contribution in [2.45, 2.75) is 13.0 Å². The number of rotatable bonds is 1. The van der Waals surface area contributed by atoms with Crippen LogP contribution in [0.25, 0.3) is 0 Å². The van der Waals surface area contributed by atoms with Crippen molar-refractivity contribution >= 4 is 33.4 Å². The van der Waals surface area contributed by atoms with Crippen LogP contribution in [0.2, 0.25) is 5.15 Å². The molecule has 0 fully saturated rings. The second kappa shape index (κ2) is 5.50. The fourth-order valence-electron chi connectivity index (χ4n) is 2.28. The van der Waals surface area contributed by atoms with Crippen LogP contribution in [0.4, 0.5) is 0 Å². The summed E-state index contributed by atoms with van der Waals surface area (Å²) in [5.74, 6) is -0.0988. The number of aromatic nitrogens is 2. The Bertz CT molecular complexity index is 677. The minimum absolute atomic E-state index is 0.0988. The minimum atomic E-state index is -0.0988. The first kappa shape index (κ1) is 13.5. The highest BCUT2D eigenvalue weighted by molar-refractivity contribution is 9.10. The Hall–Kier alpha value is -1.46. The van der Waals surface area contributed by atoms with Crippen molar-refractivity contribution in [3.63, 3.8) is 0 Å². The molecule has 1 amide bonds. The molecule has 0 N–H and O–H groups in total. The van der Waals surface area contributed by atoms with E-state index in [1.807, 2.05) is 12.1 Å². The molecule has 2 aromatic rings. The Labute approximate surface area is 129 Å². The van der Waals surface area contributed by atoms with E-state index >= 15 is 0 Å². The molecule has 3 rings (SSSR count). The first-order valence-electron chi connectivity index (χ1n) is 6.18. The third-order valence-electron chi connectivity index (χ3n) is 3.29. The number of hydrogen-bond acceptors (Lipinski definition) is 3. The molecule has 0 saturated heterocycles. The van der Waals surface area contributed by atoms with Gasteiger partial charge in [-0.2, -0.15) is 0 Å².